The van der Waals surface area contributed by atoms with Crippen molar-refractivity contribution in [3.05, 3.63) is 53.1 Å². The van der Waals surface area contributed by atoms with Crippen LogP contribution in [0.25, 0.3) is 0 Å². The molecule has 0 aliphatic heterocycles. The summed E-state index contributed by atoms with van der Waals surface area (Å²) in [5.74, 6) is -0.325. The Labute approximate surface area is 145 Å². The Bertz CT molecular complexity index is 842. The molecule has 0 saturated carbocycles. The number of nitrogens with zero attached hydrogens (tertiary/aromatic N) is 1. The van der Waals surface area contributed by atoms with Gasteiger partial charge in [-0.05, 0) is 24.1 Å². The van der Waals surface area contributed by atoms with E-state index in [1.165, 1.54) is 18.3 Å². The molecule has 25 heavy (non-hydrogen) atoms. The number of imidazole rings is 1. The van der Waals surface area contributed by atoms with E-state index in [1.807, 2.05) is 6.92 Å². The van der Waals surface area contributed by atoms with Crippen molar-refractivity contribution in [2.45, 2.75) is 38.2 Å². The highest BCUT2D eigenvalue weighted by Crippen LogP contribution is 2.16. The van der Waals surface area contributed by atoms with Crippen molar-refractivity contribution < 1.29 is 32.5 Å². The number of aliphatic hydroxyl groups excluding tert-OH is 1. The van der Waals surface area contributed by atoms with Crippen LogP contribution in [0.4, 0.5) is 0 Å². The Hall–Kier alpha value is -2.23. The van der Waals surface area contributed by atoms with Gasteiger partial charge in [0.15, 0.2) is 5.69 Å². The zero-order valence-corrected chi connectivity index (χ0v) is 14.5. The molecule has 0 aliphatic carbocycles. The maximum absolute atomic E-state index is 11.3. The number of aryl methyl sites for hydroxylation is 1. The van der Waals surface area contributed by atoms with E-state index in [4.69, 9.17) is 9.66 Å². The van der Waals surface area contributed by atoms with Crippen molar-refractivity contribution >= 4 is 16.1 Å². The molecule has 2 rings (SSSR count). The van der Waals surface area contributed by atoms with Crippen LogP contribution < -0.4 is 4.57 Å². The van der Waals surface area contributed by atoms with Gasteiger partial charge in [-0.3, -0.25) is 4.55 Å². The van der Waals surface area contributed by atoms with Crippen LogP contribution in [-0.2, 0) is 23.1 Å². The first-order valence-corrected chi connectivity index (χ1v) is 9.31. The molecular weight excluding hydrogens is 348 g/mol. The lowest BCUT2D eigenvalue weighted by molar-refractivity contribution is -0.703. The third-order valence-electron chi connectivity index (χ3n) is 3.87. The Morgan fingerprint density at radius 1 is 1.28 bits per heavy atom. The maximum atomic E-state index is 11.3. The highest BCUT2D eigenvalue weighted by molar-refractivity contribution is 7.85. The van der Waals surface area contributed by atoms with Gasteiger partial charge in [0.05, 0.1) is 5.56 Å². The van der Waals surface area contributed by atoms with E-state index in [1.54, 1.807) is 16.7 Å². The quantitative estimate of drug-likeness (QED) is 0.409. The second-order valence-corrected chi connectivity index (χ2v) is 7.20. The fourth-order valence-electron chi connectivity index (χ4n) is 2.50. The summed E-state index contributed by atoms with van der Waals surface area (Å²) in [5.41, 5.74) is -1.16. The number of hydrogen-bond donors (Lipinski definition) is 4. The van der Waals surface area contributed by atoms with Crippen molar-refractivity contribution in [1.82, 2.24) is 4.98 Å². The van der Waals surface area contributed by atoms with E-state index < -0.39 is 21.5 Å². The molecule has 2 aromatic rings. The molecule has 8 nitrogen and oxygen atoms in total. The van der Waals surface area contributed by atoms with Crippen molar-refractivity contribution in [2.75, 3.05) is 0 Å². The minimum Gasteiger partial charge on any atom is -0.478 e. The van der Waals surface area contributed by atoms with Gasteiger partial charge in [-0.25, -0.2) is 14.3 Å². The summed E-state index contributed by atoms with van der Waals surface area (Å²) < 4.78 is 33.3. The Morgan fingerprint density at radius 2 is 1.92 bits per heavy atom. The lowest BCUT2D eigenvalue weighted by Crippen LogP contribution is -2.43. The van der Waals surface area contributed by atoms with Crippen molar-refractivity contribution in [3.8, 4) is 0 Å². The lowest BCUT2D eigenvalue weighted by atomic mass is 10.1. The van der Waals surface area contributed by atoms with Crippen LogP contribution in [-0.4, -0.2) is 34.1 Å². The molecule has 0 aliphatic rings. The van der Waals surface area contributed by atoms with E-state index in [-0.39, 0.29) is 17.8 Å². The number of benzene rings is 1. The highest BCUT2D eigenvalue weighted by atomic mass is 32.2. The number of carboxylic acids is 1. The number of nitrogens with one attached hydrogen (secondary N) is 1. The Morgan fingerprint density at radius 3 is 2.44 bits per heavy atom. The topological polar surface area (TPSA) is 132 Å². The highest BCUT2D eigenvalue weighted by Gasteiger charge is 2.32. The number of hydrogen-bond acceptors (Lipinski definition) is 4. The predicted molar refractivity (Wildman–Crippen MR) is 88.6 cm³/mol. The lowest BCUT2D eigenvalue weighted by Gasteiger charge is -2.09. The largest absolute Gasteiger partial charge is 0.478 e. The van der Waals surface area contributed by atoms with E-state index >= 15 is 0 Å². The molecule has 1 aromatic heterocycles. The summed E-state index contributed by atoms with van der Waals surface area (Å²) in [6.45, 7) is 2.25. The molecule has 1 heterocycles. The number of rotatable bonds is 8. The first-order chi connectivity index (χ1) is 11.7. The van der Waals surface area contributed by atoms with Gasteiger partial charge in [-0.2, -0.15) is 8.42 Å². The second-order valence-electron chi connectivity index (χ2n) is 5.72. The van der Waals surface area contributed by atoms with Crippen molar-refractivity contribution in [3.63, 3.8) is 0 Å². The van der Waals surface area contributed by atoms with E-state index in [0.717, 1.165) is 18.4 Å². The molecule has 1 atom stereocenters. The first kappa shape index (κ1) is 19.1. The van der Waals surface area contributed by atoms with Gasteiger partial charge in [0, 0.05) is 6.42 Å². The predicted octanol–water partition coefficient (Wildman–Crippen LogP) is 1.27. The van der Waals surface area contributed by atoms with Crippen LogP contribution in [0.3, 0.4) is 0 Å². The SMILES string of the molecule is CCCCc1[nH]cc(C(O)S(=O)(=O)O)[n+]1Cc1ccc(C(=O)O)cc1. The van der Waals surface area contributed by atoms with Crippen molar-refractivity contribution in [1.29, 1.82) is 0 Å². The molecular formula is C16H21N2O6S+. The number of aromatic carboxylic acids is 1. The minimum atomic E-state index is -4.66. The summed E-state index contributed by atoms with van der Waals surface area (Å²) in [6.07, 6.45) is 3.79. The van der Waals surface area contributed by atoms with Gasteiger partial charge >= 0.3 is 5.97 Å². The van der Waals surface area contributed by atoms with Crippen LogP contribution in [0.2, 0.25) is 0 Å². The molecule has 136 valence electrons. The molecule has 0 radical (unpaired) electrons. The number of aliphatic hydroxyl groups is 1. The zero-order valence-electron chi connectivity index (χ0n) is 13.7. The van der Waals surface area contributed by atoms with Gasteiger partial charge < -0.3 is 10.2 Å². The molecule has 1 aromatic carbocycles. The third kappa shape index (κ3) is 4.65. The summed E-state index contributed by atoms with van der Waals surface area (Å²) in [5, 5.41) is 18.9. The smallest absolute Gasteiger partial charge is 0.335 e. The summed E-state index contributed by atoms with van der Waals surface area (Å²) in [6, 6.07) is 6.15. The minimum absolute atomic E-state index is 0.0240. The number of H-pyrrole nitrogens is 1. The third-order valence-corrected chi connectivity index (χ3v) is 4.67. The van der Waals surface area contributed by atoms with Crippen LogP contribution >= 0.6 is 0 Å². The number of unbranched alkanes of at least 4 members (excludes halogenated alkanes) is 1. The monoisotopic (exact) mass is 369 g/mol. The number of carboxylic acid groups (broad SMARTS) is 1. The van der Waals surface area contributed by atoms with Crippen LogP contribution in [0, 0.1) is 0 Å². The normalized spacial score (nSPS) is 12.9. The molecule has 0 saturated heterocycles. The van der Waals surface area contributed by atoms with Gasteiger partial charge in [-0.15, -0.1) is 0 Å². The van der Waals surface area contributed by atoms with Crippen LogP contribution in [0.5, 0.6) is 0 Å². The van der Waals surface area contributed by atoms with Gasteiger partial charge in [0.25, 0.3) is 15.9 Å². The second kappa shape index (κ2) is 7.77. The molecule has 0 amide bonds. The molecule has 0 fully saturated rings. The van der Waals surface area contributed by atoms with Gasteiger partial charge in [-0.1, -0.05) is 25.5 Å². The fraction of sp³-hybridized carbons (Fsp3) is 0.375. The fourth-order valence-corrected chi connectivity index (χ4v) is 3.00. The summed E-state index contributed by atoms with van der Waals surface area (Å²) >= 11 is 0. The summed E-state index contributed by atoms with van der Waals surface area (Å²) in [7, 11) is -4.66. The van der Waals surface area contributed by atoms with Gasteiger partial charge in [0.1, 0.15) is 12.7 Å². The molecule has 9 heteroatoms. The van der Waals surface area contributed by atoms with Gasteiger partial charge in [0.2, 0.25) is 5.44 Å². The Kier molecular flexibility index (Phi) is 5.93. The number of aromatic amines is 1. The van der Waals surface area contributed by atoms with E-state index in [0.29, 0.717) is 12.2 Å². The van der Waals surface area contributed by atoms with Crippen LogP contribution in [0.15, 0.2) is 30.5 Å². The van der Waals surface area contributed by atoms with E-state index in [9.17, 15) is 18.3 Å². The van der Waals surface area contributed by atoms with Crippen LogP contribution in [0.1, 0.15) is 52.6 Å². The maximum Gasteiger partial charge on any atom is 0.335 e. The van der Waals surface area contributed by atoms with E-state index in [2.05, 4.69) is 4.98 Å². The average molecular weight is 369 g/mol. The Balaban J connectivity index is 2.38. The first-order valence-electron chi connectivity index (χ1n) is 7.80. The zero-order chi connectivity index (χ0) is 18.6. The molecule has 0 bridgehead atoms. The standard InChI is InChI=1S/C16H20N2O6S/c1-2-3-4-14-17-9-13(16(21)25(22,23)24)18(14)10-11-5-7-12(8-6-11)15(19)20/h5-9,16,21H,2-4,10H2,1H3,(H2,19,20,22,23,24)/p+1. The average Bonchev–Trinajstić information content (AvgIpc) is 2.94. The summed E-state index contributed by atoms with van der Waals surface area (Å²) in [4.78, 5) is 13.9. The number of aromatic nitrogens is 2. The number of carbonyl (C=O) groups is 1. The molecule has 0 spiro atoms. The van der Waals surface area contributed by atoms with Crippen molar-refractivity contribution in [2.24, 2.45) is 0 Å². The molecule has 1 unspecified atom stereocenters. The molecule has 4 N–H and O–H groups in total.